The summed E-state index contributed by atoms with van der Waals surface area (Å²) in [7, 11) is -3.52. The number of carbonyl (C=O) groups excluding carboxylic acids is 1. The maximum absolute atomic E-state index is 12.7. The van der Waals surface area contributed by atoms with Gasteiger partial charge in [0.25, 0.3) is 10.0 Å². The zero-order valence-corrected chi connectivity index (χ0v) is 17.4. The second kappa shape index (κ2) is 8.48. The molecule has 0 aliphatic carbocycles. The fraction of sp³-hybridized carbons (Fsp3) is 0.300. The van der Waals surface area contributed by atoms with E-state index in [2.05, 4.69) is 10.4 Å². The quantitative estimate of drug-likeness (QED) is 0.652. The third kappa shape index (κ3) is 4.42. The molecule has 3 heterocycles. The fourth-order valence-corrected chi connectivity index (χ4v) is 6.09. The van der Waals surface area contributed by atoms with Gasteiger partial charge in [-0.1, -0.05) is 24.3 Å². The molecule has 1 aliphatic heterocycles. The van der Waals surface area contributed by atoms with Crippen LogP contribution in [-0.4, -0.2) is 41.5 Å². The SMILES string of the molecule is O=C(NCc1cnn(-c2ccccc2)c1)C1CCCN(S(=O)(=O)c2cccs2)C1. The van der Waals surface area contributed by atoms with Crippen LogP contribution in [0, 0.1) is 5.92 Å². The predicted octanol–water partition coefficient (Wildman–Crippen LogP) is 2.65. The van der Waals surface area contributed by atoms with Crippen molar-refractivity contribution in [3.05, 3.63) is 65.8 Å². The summed E-state index contributed by atoms with van der Waals surface area (Å²) in [6, 6.07) is 13.1. The molecule has 1 aromatic carbocycles. The number of benzene rings is 1. The molecule has 1 amide bonds. The highest BCUT2D eigenvalue weighted by Gasteiger charge is 2.33. The third-order valence-corrected chi connectivity index (χ3v) is 8.21. The molecule has 1 atom stereocenters. The van der Waals surface area contributed by atoms with E-state index in [9.17, 15) is 13.2 Å². The lowest BCUT2D eigenvalue weighted by Gasteiger charge is -2.30. The van der Waals surface area contributed by atoms with E-state index in [1.165, 1.54) is 15.6 Å². The summed E-state index contributed by atoms with van der Waals surface area (Å²) >= 11 is 1.20. The van der Waals surface area contributed by atoms with Crippen molar-refractivity contribution >= 4 is 27.3 Å². The van der Waals surface area contributed by atoms with E-state index in [0.717, 1.165) is 11.3 Å². The molecule has 29 heavy (non-hydrogen) atoms. The van der Waals surface area contributed by atoms with Crippen LogP contribution in [0.4, 0.5) is 0 Å². The van der Waals surface area contributed by atoms with Crippen LogP contribution in [0.5, 0.6) is 0 Å². The van der Waals surface area contributed by atoms with Crippen molar-refractivity contribution < 1.29 is 13.2 Å². The van der Waals surface area contributed by atoms with Crippen LogP contribution in [0.3, 0.4) is 0 Å². The zero-order valence-electron chi connectivity index (χ0n) is 15.8. The molecule has 4 rings (SSSR count). The van der Waals surface area contributed by atoms with Gasteiger partial charge in [-0.3, -0.25) is 4.79 Å². The van der Waals surface area contributed by atoms with Gasteiger partial charge in [-0.25, -0.2) is 13.1 Å². The second-order valence-corrected chi connectivity index (χ2v) is 10.1. The smallest absolute Gasteiger partial charge is 0.252 e. The fourth-order valence-electron chi connectivity index (χ4n) is 3.42. The summed E-state index contributed by atoms with van der Waals surface area (Å²) in [5.74, 6) is -0.466. The van der Waals surface area contributed by atoms with Crippen molar-refractivity contribution in [1.82, 2.24) is 19.4 Å². The molecule has 2 aromatic heterocycles. The van der Waals surface area contributed by atoms with E-state index in [4.69, 9.17) is 0 Å². The van der Waals surface area contributed by atoms with Gasteiger partial charge in [0.1, 0.15) is 4.21 Å². The molecule has 0 bridgehead atoms. The Labute approximate surface area is 174 Å². The Morgan fingerprint density at radius 2 is 2.03 bits per heavy atom. The van der Waals surface area contributed by atoms with E-state index < -0.39 is 10.0 Å². The van der Waals surface area contributed by atoms with Gasteiger partial charge < -0.3 is 5.32 Å². The first kappa shape index (κ1) is 19.8. The van der Waals surface area contributed by atoms with Gasteiger partial charge >= 0.3 is 0 Å². The van der Waals surface area contributed by atoms with E-state index in [1.807, 2.05) is 36.5 Å². The lowest BCUT2D eigenvalue weighted by atomic mass is 9.99. The highest BCUT2D eigenvalue weighted by atomic mass is 32.2. The minimum atomic E-state index is -3.52. The normalized spacial score (nSPS) is 17.9. The molecule has 0 radical (unpaired) electrons. The van der Waals surface area contributed by atoms with Crippen molar-refractivity contribution in [2.24, 2.45) is 5.92 Å². The number of piperidine rings is 1. The number of hydrogen-bond acceptors (Lipinski definition) is 5. The molecule has 152 valence electrons. The van der Waals surface area contributed by atoms with Crippen LogP contribution in [0.2, 0.25) is 0 Å². The molecular weight excluding hydrogens is 408 g/mol. The summed E-state index contributed by atoms with van der Waals surface area (Å²) in [5.41, 5.74) is 1.84. The summed E-state index contributed by atoms with van der Waals surface area (Å²) in [6.45, 7) is 1.03. The standard InChI is InChI=1S/C20H22N4O3S2/c25-20(21-12-16-13-22-24(14-16)18-7-2-1-3-8-18)17-6-4-10-23(15-17)29(26,27)19-9-5-11-28-19/h1-3,5,7-9,11,13-14,17H,4,6,10,12,15H2,(H,21,25). The monoisotopic (exact) mass is 430 g/mol. The summed E-state index contributed by atoms with van der Waals surface area (Å²) in [4.78, 5) is 12.7. The molecule has 3 aromatic rings. The topological polar surface area (TPSA) is 84.3 Å². The molecule has 7 nitrogen and oxygen atoms in total. The van der Waals surface area contributed by atoms with Gasteiger partial charge in [0.2, 0.25) is 5.91 Å². The van der Waals surface area contributed by atoms with Crippen molar-refractivity contribution in [3.63, 3.8) is 0 Å². The molecule has 0 saturated carbocycles. The average Bonchev–Trinajstić information content (AvgIpc) is 3.45. The first-order valence-corrected chi connectivity index (χ1v) is 11.8. The molecule has 1 saturated heterocycles. The Balaban J connectivity index is 1.36. The van der Waals surface area contributed by atoms with Gasteiger partial charge in [-0.2, -0.15) is 9.40 Å². The summed E-state index contributed by atoms with van der Waals surface area (Å²) in [6.07, 6.45) is 4.96. The lowest BCUT2D eigenvalue weighted by molar-refractivity contribution is -0.126. The lowest BCUT2D eigenvalue weighted by Crippen LogP contribution is -2.45. The number of aromatic nitrogens is 2. The summed E-state index contributed by atoms with van der Waals surface area (Å²) < 4.78 is 29.0. The van der Waals surface area contributed by atoms with Crippen LogP contribution < -0.4 is 5.32 Å². The van der Waals surface area contributed by atoms with Crippen LogP contribution >= 0.6 is 11.3 Å². The Kier molecular flexibility index (Phi) is 5.79. The van der Waals surface area contributed by atoms with Crippen molar-refractivity contribution in [1.29, 1.82) is 0 Å². The first-order chi connectivity index (χ1) is 14.0. The van der Waals surface area contributed by atoms with E-state index >= 15 is 0 Å². The zero-order chi connectivity index (χ0) is 20.3. The van der Waals surface area contributed by atoms with Gasteiger partial charge in [-0.05, 0) is 36.4 Å². The number of nitrogens with one attached hydrogen (secondary N) is 1. The number of rotatable bonds is 6. The minimum Gasteiger partial charge on any atom is -0.352 e. The van der Waals surface area contributed by atoms with Crippen molar-refractivity contribution in [2.45, 2.75) is 23.6 Å². The number of carbonyl (C=O) groups is 1. The summed E-state index contributed by atoms with van der Waals surface area (Å²) in [5, 5.41) is 9.00. The first-order valence-electron chi connectivity index (χ1n) is 9.44. The largest absolute Gasteiger partial charge is 0.352 e. The maximum Gasteiger partial charge on any atom is 0.252 e. The van der Waals surface area contributed by atoms with Gasteiger partial charge in [0.05, 0.1) is 17.8 Å². The molecule has 1 unspecified atom stereocenters. The van der Waals surface area contributed by atoms with E-state index in [0.29, 0.717) is 30.1 Å². The number of sulfonamides is 1. The maximum atomic E-state index is 12.7. The number of thiophene rings is 1. The Morgan fingerprint density at radius 3 is 2.79 bits per heavy atom. The van der Waals surface area contributed by atoms with Crippen LogP contribution in [-0.2, 0) is 21.4 Å². The van der Waals surface area contributed by atoms with Gasteiger partial charge in [0.15, 0.2) is 0 Å². The van der Waals surface area contributed by atoms with E-state index in [-0.39, 0.29) is 18.4 Å². The molecule has 1 fully saturated rings. The third-order valence-electron chi connectivity index (χ3n) is 4.97. The molecular formula is C20H22N4O3S2. The van der Waals surface area contributed by atoms with Crippen molar-refractivity contribution in [3.8, 4) is 5.69 Å². The average molecular weight is 431 g/mol. The highest BCUT2D eigenvalue weighted by Crippen LogP contribution is 2.26. The molecule has 9 heteroatoms. The Bertz CT molecular complexity index is 1060. The van der Waals surface area contributed by atoms with Crippen LogP contribution in [0.1, 0.15) is 18.4 Å². The Hall–Kier alpha value is -2.49. The molecule has 1 N–H and O–H groups in total. The van der Waals surface area contributed by atoms with Gasteiger partial charge in [-0.15, -0.1) is 11.3 Å². The minimum absolute atomic E-state index is 0.122. The predicted molar refractivity (Wildman–Crippen MR) is 111 cm³/mol. The highest BCUT2D eigenvalue weighted by molar-refractivity contribution is 7.91. The van der Waals surface area contributed by atoms with Gasteiger partial charge in [0, 0.05) is 31.4 Å². The van der Waals surface area contributed by atoms with Crippen LogP contribution in [0.25, 0.3) is 5.69 Å². The number of para-hydroxylation sites is 1. The van der Waals surface area contributed by atoms with E-state index in [1.54, 1.807) is 28.4 Å². The van der Waals surface area contributed by atoms with Crippen molar-refractivity contribution in [2.75, 3.05) is 13.1 Å². The number of hydrogen-bond donors (Lipinski definition) is 1. The molecule has 0 spiro atoms. The molecule has 1 aliphatic rings. The second-order valence-electron chi connectivity index (χ2n) is 6.98. The number of nitrogens with zero attached hydrogens (tertiary/aromatic N) is 3. The van der Waals surface area contributed by atoms with Crippen LogP contribution in [0.15, 0.2) is 64.4 Å². The Morgan fingerprint density at radius 1 is 1.21 bits per heavy atom. The number of amides is 1.